The fourth-order valence-corrected chi connectivity index (χ4v) is 3.86. The Bertz CT molecular complexity index is 996. The summed E-state index contributed by atoms with van der Waals surface area (Å²) in [6.07, 6.45) is 4.15. The van der Waals surface area contributed by atoms with Crippen LogP contribution < -0.4 is 11.1 Å². The van der Waals surface area contributed by atoms with E-state index in [2.05, 4.69) is 15.4 Å². The van der Waals surface area contributed by atoms with Crippen LogP contribution in [0, 0.1) is 0 Å². The summed E-state index contributed by atoms with van der Waals surface area (Å²) in [5.74, 6) is -0.545. The number of anilines is 1. The summed E-state index contributed by atoms with van der Waals surface area (Å²) < 4.78 is 7.13. The molecule has 152 valence electrons. The molecule has 4 rings (SSSR count). The summed E-state index contributed by atoms with van der Waals surface area (Å²) in [4.78, 5) is 16.5. The number of hydrogen-bond acceptors (Lipinski definition) is 6. The van der Waals surface area contributed by atoms with E-state index in [0.29, 0.717) is 35.5 Å². The maximum absolute atomic E-state index is 12.0. The largest absolute Gasteiger partial charge is 0.391 e. The number of pyridine rings is 1. The zero-order chi connectivity index (χ0) is 20.4. The lowest BCUT2D eigenvalue weighted by molar-refractivity contribution is 0.0904. The Labute approximate surface area is 168 Å². The van der Waals surface area contributed by atoms with Crippen LogP contribution in [0.4, 0.5) is 5.69 Å². The van der Waals surface area contributed by atoms with E-state index in [1.165, 1.54) is 6.20 Å². The third kappa shape index (κ3) is 3.81. The van der Waals surface area contributed by atoms with Gasteiger partial charge in [-0.25, -0.2) is 9.67 Å². The average Bonchev–Trinajstić information content (AvgIpc) is 3.14. The Morgan fingerprint density at radius 2 is 2.00 bits per heavy atom. The predicted molar refractivity (Wildman–Crippen MR) is 110 cm³/mol. The van der Waals surface area contributed by atoms with Gasteiger partial charge in [-0.3, -0.25) is 4.79 Å². The Hall–Kier alpha value is -2.97. The minimum absolute atomic E-state index is 0.178. The van der Waals surface area contributed by atoms with Gasteiger partial charge in [0.1, 0.15) is 6.04 Å². The van der Waals surface area contributed by atoms with Gasteiger partial charge in [0.25, 0.3) is 5.91 Å². The van der Waals surface area contributed by atoms with Crippen molar-refractivity contribution in [3.8, 4) is 0 Å². The molecule has 1 aliphatic heterocycles. The summed E-state index contributed by atoms with van der Waals surface area (Å²) in [6.45, 7) is 3.08. The highest BCUT2D eigenvalue weighted by Crippen LogP contribution is 2.31. The smallest absolute Gasteiger partial charge is 0.252 e. The minimum atomic E-state index is -0.690. The van der Waals surface area contributed by atoms with Gasteiger partial charge in [0.15, 0.2) is 5.65 Å². The molecule has 0 spiro atoms. The van der Waals surface area contributed by atoms with Gasteiger partial charge in [0.2, 0.25) is 0 Å². The van der Waals surface area contributed by atoms with E-state index in [4.69, 9.17) is 10.5 Å². The number of carbonyl (C=O) groups is 1. The third-order valence-corrected chi connectivity index (χ3v) is 5.32. The lowest BCUT2D eigenvalue weighted by atomic mass is 10.0. The lowest BCUT2D eigenvalue weighted by Gasteiger charge is -2.25. The molecule has 1 saturated heterocycles. The first-order valence-corrected chi connectivity index (χ1v) is 9.79. The van der Waals surface area contributed by atoms with Gasteiger partial charge in [-0.15, -0.1) is 0 Å². The Balaban J connectivity index is 1.81. The number of aromatic nitrogens is 3. The van der Waals surface area contributed by atoms with E-state index >= 15 is 0 Å². The molecule has 8 nitrogen and oxygen atoms in total. The number of nitrogens with one attached hydrogen (secondary N) is 1. The molecule has 0 saturated carbocycles. The van der Waals surface area contributed by atoms with E-state index < -0.39 is 18.1 Å². The van der Waals surface area contributed by atoms with Crippen LogP contribution in [0.3, 0.4) is 0 Å². The van der Waals surface area contributed by atoms with E-state index in [1.54, 1.807) is 17.8 Å². The number of primary amides is 1. The number of hydrogen-bond donors (Lipinski definition) is 3. The standard InChI is InChI=1S/C21H25N5O3/c1-13(27)19(14-5-3-2-4-6-14)26-21-17(12-24-26)18(16(11-23-21)20(22)28)25-15-7-9-29-10-8-15/h2-6,11-13,15,19,27H,7-10H2,1H3,(H2,22,28)(H,23,25)/t13-,19-/m1/s1. The molecule has 2 atom stereocenters. The van der Waals surface area contributed by atoms with Crippen LogP contribution in [0.5, 0.6) is 0 Å². The van der Waals surface area contributed by atoms with Gasteiger partial charge in [0.05, 0.1) is 28.9 Å². The monoisotopic (exact) mass is 395 g/mol. The van der Waals surface area contributed by atoms with Crippen molar-refractivity contribution in [2.45, 2.75) is 38.0 Å². The van der Waals surface area contributed by atoms with Crippen LogP contribution >= 0.6 is 0 Å². The fourth-order valence-electron chi connectivity index (χ4n) is 3.86. The number of fused-ring (bicyclic) bond motifs is 1. The van der Waals surface area contributed by atoms with Crippen LogP contribution in [-0.4, -0.2) is 51.1 Å². The maximum atomic E-state index is 12.0. The number of rotatable bonds is 6. The molecule has 4 N–H and O–H groups in total. The molecule has 3 aromatic rings. The van der Waals surface area contributed by atoms with Gasteiger partial charge in [0, 0.05) is 25.5 Å². The highest BCUT2D eigenvalue weighted by molar-refractivity contribution is 6.05. The molecule has 0 bridgehead atoms. The molecule has 1 aliphatic rings. The van der Waals surface area contributed by atoms with Gasteiger partial charge >= 0.3 is 0 Å². The second-order valence-electron chi connectivity index (χ2n) is 7.36. The predicted octanol–water partition coefficient (Wildman–Crippen LogP) is 2.09. The molecule has 2 aromatic heterocycles. The lowest BCUT2D eigenvalue weighted by Crippen LogP contribution is -2.29. The van der Waals surface area contributed by atoms with Gasteiger partial charge in [-0.1, -0.05) is 30.3 Å². The molecule has 3 heterocycles. The number of nitrogens with zero attached hydrogens (tertiary/aromatic N) is 3. The topological polar surface area (TPSA) is 115 Å². The molecule has 0 aliphatic carbocycles. The molecule has 29 heavy (non-hydrogen) atoms. The molecule has 1 fully saturated rings. The second kappa shape index (κ2) is 8.18. The quantitative estimate of drug-likeness (QED) is 0.589. The first-order valence-electron chi connectivity index (χ1n) is 9.79. The molecule has 0 radical (unpaired) electrons. The van der Waals surface area contributed by atoms with Crippen LogP contribution in [0.15, 0.2) is 42.7 Å². The van der Waals surface area contributed by atoms with Crippen molar-refractivity contribution in [1.29, 1.82) is 0 Å². The Kier molecular flexibility index (Phi) is 5.46. The van der Waals surface area contributed by atoms with E-state index in [9.17, 15) is 9.90 Å². The number of nitrogens with two attached hydrogens (primary N) is 1. The van der Waals surface area contributed by atoms with Crippen molar-refractivity contribution in [3.63, 3.8) is 0 Å². The van der Waals surface area contributed by atoms with Crippen molar-refractivity contribution < 1.29 is 14.6 Å². The van der Waals surface area contributed by atoms with Crippen LogP contribution in [0.1, 0.15) is 41.7 Å². The zero-order valence-electron chi connectivity index (χ0n) is 16.3. The molecular formula is C21H25N5O3. The fraction of sp³-hybridized carbons (Fsp3) is 0.381. The first-order chi connectivity index (χ1) is 14.1. The van der Waals surface area contributed by atoms with Gasteiger partial charge in [-0.2, -0.15) is 5.10 Å². The number of ether oxygens (including phenoxy) is 1. The summed E-state index contributed by atoms with van der Waals surface area (Å²) in [5.41, 5.74) is 8.08. The van der Waals surface area contributed by atoms with Crippen molar-refractivity contribution >= 4 is 22.6 Å². The molecule has 1 amide bonds. The van der Waals surface area contributed by atoms with Crippen LogP contribution in [0.2, 0.25) is 0 Å². The SMILES string of the molecule is C[C@@H](O)[C@H](c1ccccc1)n1ncc2c(NC3CCOCC3)c(C(N)=O)cnc21. The number of carbonyl (C=O) groups excluding carboxylic acids is 1. The van der Waals surface area contributed by atoms with Crippen molar-refractivity contribution in [3.05, 3.63) is 53.9 Å². The molecule has 8 heteroatoms. The average molecular weight is 395 g/mol. The van der Waals surface area contributed by atoms with Gasteiger partial charge < -0.3 is 20.9 Å². The van der Waals surface area contributed by atoms with Crippen molar-refractivity contribution in [2.75, 3.05) is 18.5 Å². The number of benzene rings is 1. The number of amides is 1. The van der Waals surface area contributed by atoms with Crippen LogP contribution in [0.25, 0.3) is 11.0 Å². The molecule has 1 aromatic carbocycles. The number of aliphatic hydroxyl groups is 1. The zero-order valence-corrected chi connectivity index (χ0v) is 16.3. The summed E-state index contributed by atoms with van der Waals surface area (Å²) >= 11 is 0. The van der Waals surface area contributed by atoms with Crippen LogP contribution in [-0.2, 0) is 4.74 Å². The Morgan fingerprint density at radius 3 is 2.66 bits per heavy atom. The minimum Gasteiger partial charge on any atom is -0.391 e. The highest BCUT2D eigenvalue weighted by Gasteiger charge is 2.26. The van der Waals surface area contributed by atoms with Gasteiger partial charge in [-0.05, 0) is 25.3 Å². The molecule has 0 unspecified atom stereocenters. The summed E-state index contributed by atoms with van der Waals surface area (Å²) in [5, 5.41) is 19.2. The summed E-state index contributed by atoms with van der Waals surface area (Å²) in [6, 6.07) is 9.44. The molecular weight excluding hydrogens is 370 g/mol. The number of aliphatic hydroxyl groups excluding tert-OH is 1. The van der Waals surface area contributed by atoms with E-state index in [-0.39, 0.29) is 6.04 Å². The summed E-state index contributed by atoms with van der Waals surface area (Å²) in [7, 11) is 0. The first kappa shape index (κ1) is 19.4. The van der Waals surface area contributed by atoms with E-state index in [1.807, 2.05) is 30.3 Å². The normalized spacial score (nSPS) is 17.2. The van der Waals surface area contributed by atoms with Crippen molar-refractivity contribution in [2.24, 2.45) is 5.73 Å². The van der Waals surface area contributed by atoms with E-state index in [0.717, 1.165) is 18.4 Å². The van der Waals surface area contributed by atoms with Crippen molar-refractivity contribution in [1.82, 2.24) is 14.8 Å². The second-order valence-corrected chi connectivity index (χ2v) is 7.36. The highest BCUT2D eigenvalue weighted by atomic mass is 16.5. The maximum Gasteiger partial charge on any atom is 0.252 e. The third-order valence-electron chi connectivity index (χ3n) is 5.32. The Morgan fingerprint density at radius 1 is 1.28 bits per heavy atom.